The lowest BCUT2D eigenvalue weighted by Crippen LogP contribution is -2.19. The van der Waals surface area contributed by atoms with Gasteiger partial charge in [-0.1, -0.05) is 54.9 Å². The summed E-state index contributed by atoms with van der Waals surface area (Å²) in [6, 6.07) is 15.3. The predicted molar refractivity (Wildman–Crippen MR) is 88.3 cm³/mol. The molecule has 1 unspecified atom stereocenters. The summed E-state index contributed by atoms with van der Waals surface area (Å²) < 4.78 is 0. The van der Waals surface area contributed by atoms with Gasteiger partial charge >= 0.3 is 0 Å². The molecule has 0 saturated carbocycles. The monoisotopic (exact) mass is 287 g/mol. The summed E-state index contributed by atoms with van der Waals surface area (Å²) in [5.41, 5.74) is 4.81. The molecule has 0 heterocycles. The largest absolute Gasteiger partial charge is 0.310 e. The zero-order valence-corrected chi connectivity index (χ0v) is 13.2. The highest BCUT2D eigenvalue weighted by molar-refractivity contribution is 6.31. The van der Waals surface area contributed by atoms with Gasteiger partial charge in [-0.3, -0.25) is 0 Å². The molecular formula is C18H22ClN. The Morgan fingerprint density at radius 3 is 2.30 bits per heavy atom. The first-order valence-corrected chi connectivity index (χ1v) is 7.59. The maximum absolute atomic E-state index is 6.19. The van der Waals surface area contributed by atoms with Crippen LogP contribution in [0.25, 0.3) is 11.1 Å². The molecule has 0 amide bonds. The van der Waals surface area contributed by atoms with Crippen molar-refractivity contribution < 1.29 is 0 Å². The van der Waals surface area contributed by atoms with Gasteiger partial charge < -0.3 is 5.32 Å². The maximum atomic E-state index is 6.19. The lowest BCUT2D eigenvalue weighted by molar-refractivity contribution is 0.571. The molecule has 0 saturated heterocycles. The Morgan fingerprint density at radius 2 is 1.70 bits per heavy atom. The highest BCUT2D eigenvalue weighted by atomic mass is 35.5. The Kier molecular flexibility index (Phi) is 5.22. The number of hydrogen-bond acceptors (Lipinski definition) is 1. The SMILES string of the molecule is CCCNC(C)c1ccc(-c2ccc(C)c(Cl)c2)cc1. The molecule has 0 aromatic heterocycles. The van der Waals surface area contributed by atoms with Crippen LogP contribution < -0.4 is 5.32 Å². The van der Waals surface area contributed by atoms with E-state index in [4.69, 9.17) is 11.6 Å². The number of nitrogens with one attached hydrogen (secondary N) is 1. The van der Waals surface area contributed by atoms with E-state index in [0.717, 1.165) is 23.6 Å². The van der Waals surface area contributed by atoms with Gasteiger partial charge in [-0.2, -0.15) is 0 Å². The van der Waals surface area contributed by atoms with E-state index >= 15 is 0 Å². The summed E-state index contributed by atoms with van der Waals surface area (Å²) in [5, 5.41) is 4.33. The van der Waals surface area contributed by atoms with Crippen LogP contribution >= 0.6 is 11.6 Å². The summed E-state index contributed by atoms with van der Waals surface area (Å²) in [5.74, 6) is 0. The van der Waals surface area contributed by atoms with Gasteiger partial charge in [-0.05, 0) is 55.1 Å². The fourth-order valence-corrected chi connectivity index (χ4v) is 2.40. The summed E-state index contributed by atoms with van der Waals surface area (Å²) in [6.07, 6.45) is 1.16. The van der Waals surface area contributed by atoms with Crippen LogP contribution in [0.1, 0.15) is 37.4 Å². The highest BCUT2D eigenvalue weighted by Gasteiger charge is 2.05. The molecule has 0 fully saturated rings. The molecule has 0 bridgehead atoms. The Balaban J connectivity index is 2.17. The normalized spacial score (nSPS) is 12.4. The average Bonchev–Trinajstić information content (AvgIpc) is 2.48. The predicted octanol–water partition coefficient (Wildman–Crippen LogP) is 5.38. The second kappa shape index (κ2) is 6.92. The van der Waals surface area contributed by atoms with Gasteiger partial charge in [-0.15, -0.1) is 0 Å². The molecule has 0 aliphatic carbocycles. The molecule has 2 aromatic carbocycles. The molecular weight excluding hydrogens is 266 g/mol. The summed E-state index contributed by atoms with van der Waals surface area (Å²) in [4.78, 5) is 0. The number of aryl methyl sites for hydroxylation is 1. The van der Waals surface area contributed by atoms with Gasteiger partial charge in [0.05, 0.1) is 0 Å². The van der Waals surface area contributed by atoms with Gasteiger partial charge in [0.2, 0.25) is 0 Å². The van der Waals surface area contributed by atoms with Crippen molar-refractivity contribution in [2.24, 2.45) is 0 Å². The number of hydrogen-bond donors (Lipinski definition) is 1. The van der Waals surface area contributed by atoms with E-state index in [0.29, 0.717) is 6.04 Å². The van der Waals surface area contributed by atoms with E-state index in [-0.39, 0.29) is 0 Å². The summed E-state index contributed by atoms with van der Waals surface area (Å²) >= 11 is 6.19. The Labute approximate surface area is 127 Å². The van der Waals surface area contributed by atoms with Gasteiger partial charge in [0.25, 0.3) is 0 Å². The molecule has 2 aromatic rings. The third kappa shape index (κ3) is 3.62. The maximum Gasteiger partial charge on any atom is 0.0441 e. The van der Waals surface area contributed by atoms with E-state index < -0.39 is 0 Å². The van der Waals surface area contributed by atoms with E-state index in [1.54, 1.807) is 0 Å². The second-order valence-electron chi connectivity index (χ2n) is 5.26. The minimum atomic E-state index is 0.394. The van der Waals surface area contributed by atoms with Gasteiger partial charge in [-0.25, -0.2) is 0 Å². The molecule has 1 N–H and O–H groups in total. The van der Waals surface area contributed by atoms with E-state index in [9.17, 15) is 0 Å². The average molecular weight is 288 g/mol. The van der Waals surface area contributed by atoms with Crippen molar-refractivity contribution in [3.05, 3.63) is 58.6 Å². The second-order valence-corrected chi connectivity index (χ2v) is 5.67. The first kappa shape index (κ1) is 15.1. The lowest BCUT2D eigenvalue weighted by atomic mass is 10.0. The minimum absolute atomic E-state index is 0.394. The summed E-state index contributed by atoms with van der Waals surface area (Å²) in [6.45, 7) is 7.46. The molecule has 1 atom stereocenters. The zero-order chi connectivity index (χ0) is 14.5. The standard InChI is InChI=1S/C18H22ClN/c1-4-11-20-14(3)15-7-9-16(10-8-15)17-6-5-13(2)18(19)12-17/h5-10,12,14,20H,4,11H2,1-3H3. The van der Waals surface area contributed by atoms with E-state index in [1.807, 2.05) is 13.0 Å². The van der Waals surface area contributed by atoms with Crippen molar-refractivity contribution in [3.8, 4) is 11.1 Å². The fraction of sp³-hybridized carbons (Fsp3) is 0.333. The first-order valence-electron chi connectivity index (χ1n) is 7.21. The van der Waals surface area contributed by atoms with Crippen molar-refractivity contribution in [1.82, 2.24) is 5.32 Å². The van der Waals surface area contributed by atoms with Crippen molar-refractivity contribution in [3.63, 3.8) is 0 Å². The van der Waals surface area contributed by atoms with Gasteiger partial charge in [0, 0.05) is 11.1 Å². The zero-order valence-electron chi connectivity index (χ0n) is 12.4. The van der Waals surface area contributed by atoms with Gasteiger partial charge in [0.15, 0.2) is 0 Å². The minimum Gasteiger partial charge on any atom is -0.310 e. The van der Waals surface area contributed by atoms with Crippen LogP contribution in [0.5, 0.6) is 0 Å². The quantitative estimate of drug-likeness (QED) is 0.779. The third-order valence-electron chi connectivity index (χ3n) is 3.62. The van der Waals surface area contributed by atoms with Crippen LogP contribution in [0.2, 0.25) is 5.02 Å². The van der Waals surface area contributed by atoms with Crippen LogP contribution in [0.15, 0.2) is 42.5 Å². The molecule has 1 nitrogen and oxygen atoms in total. The van der Waals surface area contributed by atoms with E-state index in [1.165, 1.54) is 16.7 Å². The molecule has 0 aliphatic rings. The number of benzene rings is 2. The Morgan fingerprint density at radius 1 is 1.05 bits per heavy atom. The van der Waals surface area contributed by atoms with E-state index in [2.05, 4.69) is 55.6 Å². The van der Waals surface area contributed by atoms with Crippen LogP contribution in [0.4, 0.5) is 0 Å². The van der Waals surface area contributed by atoms with Crippen molar-refractivity contribution in [2.45, 2.75) is 33.2 Å². The summed E-state index contributed by atoms with van der Waals surface area (Å²) in [7, 11) is 0. The van der Waals surface area contributed by atoms with Crippen LogP contribution in [0.3, 0.4) is 0 Å². The van der Waals surface area contributed by atoms with Crippen molar-refractivity contribution in [1.29, 1.82) is 0 Å². The Bertz CT molecular complexity index is 560. The smallest absolute Gasteiger partial charge is 0.0441 e. The molecule has 20 heavy (non-hydrogen) atoms. The first-order chi connectivity index (χ1) is 9.61. The third-order valence-corrected chi connectivity index (χ3v) is 4.02. The lowest BCUT2D eigenvalue weighted by Gasteiger charge is -2.14. The topological polar surface area (TPSA) is 12.0 Å². The molecule has 0 spiro atoms. The van der Waals surface area contributed by atoms with Crippen LogP contribution in [-0.4, -0.2) is 6.54 Å². The van der Waals surface area contributed by atoms with Crippen molar-refractivity contribution >= 4 is 11.6 Å². The Hall–Kier alpha value is -1.31. The number of halogens is 1. The van der Waals surface area contributed by atoms with Crippen molar-refractivity contribution in [2.75, 3.05) is 6.54 Å². The van der Waals surface area contributed by atoms with Gasteiger partial charge in [0.1, 0.15) is 0 Å². The highest BCUT2D eigenvalue weighted by Crippen LogP contribution is 2.26. The number of rotatable bonds is 5. The molecule has 106 valence electrons. The molecule has 0 aliphatic heterocycles. The molecule has 2 rings (SSSR count). The molecule has 0 radical (unpaired) electrons. The fourth-order valence-electron chi connectivity index (χ4n) is 2.22. The van der Waals surface area contributed by atoms with Crippen LogP contribution in [0, 0.1) is 6.92 Å². The van der Waals surface area contributed by atoms with Crippen LogP contribution in [-0.2, 0) is 0 Å². The molecule has 2 heteroatoms.